The zero-order chi connectivity index (χ0) is 23.6. The molecule has 4 unspecified atom stereocenters. The lowest BCUT2D eigenvalue weighted by molar-refractivity contribution is -0.116. The Balaban J connectivity index is 1.31. The molecular weight excluding hydrogens is 434 g/mol. The first kappa shape index (κ1) is 23.1. The van der Waals surface area contributed by atoms with Crippen LogP contribution in [0.5, 0.6) is 0 Å². The number of nitrogens with one attached hydrogen (secondary N) is 1. The van der Waals surface area contributed by atoms with E-state index in [-0.39, 0.29) is 27.8 Å². The number of ketones is 1. The number of amides is 1. The highest BCUT2D eigenvalue weighted by Crippen LogP contribution is 2.66. The first-order valence-electron chi connectivity index (χ1n) is 12.7. The van der Waals surface area contributed by atoms with Gasteiger partial charge in [-0.15, -0.1) is 0 Å². The largest absolute Gasteiger partial charge is 0.295 e. The van der Waals surface area contributed by atoms with Gasteiger partial charge in [-0.05, 0) is 97.0 Å². The van der Waals surface area contributed by atoms with Crippen molar-refractivity contribution in [3.63, 3.8) is 0 Å². The van der Waals surface area contributed by atoms with E-state index in [9.17, 15) is 18.0 Å². The summed E-state index contributed by atoms with van der Waals surface area (Å²) in [6, 6.07) is 0. The fourth-order valence-corrected chi connectivity index (χ4v) is 9.18. The third-order valence-corrected chi connectivity index (χ3v) is 11.8. The molecule has 0 bridgehead atoms. The average Bonchev–Trinajstić information content (AvgIpc) is 3.55. The Morgan fingerprint density at radius 3 is 2.61 bits per heavy atom. The molecule has 1 N–H and O–H groups in total. The molecule has 0 aromatic rings. The highest BCUT2D eigenvalue weighted by molar-refractivity contribution is 7.91. The van der Waals surface area contributed by atoms with Crippen molar-refractivity contribution in [1.82, 2.24) is 4.72 Å². The summed E-state index contributed by atoms with van der Waals surface area (Å²) in [5.41, 5.74) is 1.57. The molecule has 7 atom stereocenters. The number of carbonyl (C=O) groups is 2. The molecule has 0 aromatic carbocycles. The molecule has 0 saturated heterocycles. The van der Waals surface area contributed by atoms with E-state index in [2.05, 4.69) is 37.6 Å². The van der Waals surface area contributed by atoms with Crippen LogP contribution in [0, 0.1) is 40.4 Å². The van der Waals surface area contributed by atoms with Gasteiger partial charge in [0.2, 0.25) is 10.0 Å². The standard InChI is InChI=1S/C27H37NO4S/c1-17(4-11-25(30)28-33(31,32)20-6-7-20)22-9-10-23-21-8-5-18-16-19(29)12-14-26(18,2)24(21)13-15-27(22,23)3/h4-5,8,11,16-17,20-24H,6-7,9-10,12-15H2,1-3H3,(H,28,30)/b11-4+/t17-,21?,22?,23?,24?,26+,27-/m1/s1. The van der Waals surface area contributed by atoms with E-state index in [1.165, 1.54) is 30.9 Å². The maximum atomic E-state index is 12.2. The van der Waals surface area contributed by atoms with Gasteiger partial charge in [-0.3, -0.25) is 9.59 Å². The van der Waals surface area contributed by atoms with E-state index in [1.807, 2.05) is 12.2 Å². The van der Waals surface area contributed by atoms with Crippen molar-refractivity contribution in [3.05, 3.63) is 36.0 Å². The summed E-state index contributed by atoms with van der Waals surface area (Å²) in [6.45, 7) is 7.00. The topological polar surface area (TPSA) is 80.3 Å². The summed E-state index contributed by atoms with van der Waals surface area (Å²) >= 11 is 0. The number of rotatable bonds is 5. The average molecular weight is 472 g/mol. The second-order valence-corrected chi connectivity index (χ2v) is 13.8. The first-order chi connectivity index (χ1) is 15.5. The van der Waals surface area contributed by atoms with E-state index < -0.39 is 15.9 Å². The van der Waals surface area contributed by atoms with Crippen LogP contribution in [0.15, 0.2) is 36.0 Å². The third-order valence-electron chi connectivity index (χ3n) is 9.98. The SMILES string of the molecule is C[C@H](/C=C/C(=O)NS(=O)(=O)C1CC1)C1CCC2C3C=CC4=CC(=O)CC[C@]4(C)C3CC[C@@]21C. The quantitative estimate of drug-likeness (QED) is 0.589. The van der Waals surface area contributed by atoms with Gasteiger partial charge in [0.05, 0.1) is 5.25 Å². The Bertz CT molecular complexity index is 1050. The molecule has 5 aliphatic carbocycles. The summed E-state index contributed by atoms with van der Waals surface area (Å²) < 4.78 is 26.3. The molecule has 5 aliphatic rings. The number of allylic oxidation sites excluding steroid dienone is 5. The van der Waals surface area contributed by atoms with Crippen LogP contribution in [0.2, 0.25) is 0 Å². The number of fused-ring (bicyclic) bond motifs is 5. The monoisotopic (exact) mass is 471 g/mol. The summed E-state index contributed by atoms with van der Waals surface area (Å²) in [7, 11) is -3.50. The van der Waals surface area contributed by atoms with Crippen LogP contribution in [0.1, 0.15) is 72.1 Å². The number of hydrogen-bond acceptors (Lipinski definition) is 4. The van der Waals surface area contributed by atoms with Gasteiger partial charge in [-0.1, -0.05) is 39.0 Å². The normalized spacial score (nSPS) is 41.2. The second-order valence-electron chi connectivity index (χ2n) is 11.8. The van der Waals surface area contributed by atoms with Crippen LogP contribution in [-0.4, -0.2) is 25.4 Å². The van der Waals surface area contributed by atoms with Crippen LogP contribution in [0.4, 0.5) is 0 Å². The minimum atomic E-state index is -3.50. The fraction of sp³-hybridized carbons (Fsp3) is 0.704. The molecule has 0 aliphatic heterocycles. The van der Waals surface area contributed by atoms with Crippen molar-refractivity contribution in [2.24, 2.45) is 40.4 Å². The van der Waals surface area contributed by atoms with Crippen LogP contribution in [0.3, 0.4) is 0 Å². The summed E-state index contributed by atoms with van der Waals surface area (Å²) in [5, 5.41) is -0.389. The van der Waals surface area contributed by atoms with Crippen molar-refractivity contribution in [2.75, 3.05) is 0 Å². The maximum Gasteiger partial charge on any atom is 0.257 e. The van der Waals surface area contributed by atoms with E-state index in [0.717, 1.165) is 12.8 Å². The Morgan fingerprint density at radius 1 is 1.12 bits per heavy atom. The van der Waals surface area contributed by atoms with Crippen molar-refractivity contribution in [3.8, 4) is 0 Å². The lowest BCUT2D eigenvalue weighted by atomic mass is 9.48. The van der Waals surface area contributed by atoms with Crippen LogP contribution in [-0.2, 0) is 19.6 Å². The number of carbonyl (C=O) groups excluding carboxylic acids is 2. The molecule has 33 heavy (non-hydrogen) atoms. The molecule has 180 valence electrons. The van der Waals surface area contributed by atoms with Crippen LogP contribution in [0.25, 0.3) is 0 Å². The number of hydrogen-bond donors (Lipinski definition) is 1. The van der Waals surface area contributed by atoms with E-state index in [4.69, 9.17) is 0 Å². The zero-order valence-electron chi connectivity index (χ0n) is 20.0. The molecule has 0 spiro atoms. The summed E-state index contributed by atoms with van der Waals surface area (Å²) in [6.07, 6.45) is 17.5. The molecule has 0 aromatic heterocycles. The lowest BCUT2D eigenvalue weighted by Gasteiger charge is -2.56. The molecule has 1 amide bonds. The number of sulfonamides is 1. The molecule has 5 rings (SSSR count). The Labute approximate surface area is 198 Å². The molecule has 0 radical (unpaired) electrons. The van der Waals surface area contributed by atoms with Gasteiger partial charge in [-0.25, -0.2) is 13.1 Å². The first-order valence-corrected chi connectivity index (χ1v) is 14.3. The van der Waals surface area contributed by atoms with E-state index in [1.54, 1.807) is 0 Å². The minimum absolute atomic E-state index is 0.114. The van der Waals surface area contributed by atoms with Gasteiger partial charge < -0.3 is 0 Å². The summed E-state index contributed by atoms with van der Waals surface area (Å²) in [5.74, 6) is 2.22. The molecule has 5 nitrogen and oxygen atoms in total. The minimum Gasteiger partial charge on any atom is -0.295 e. The van der Waals surface area contributed by atoms with Crippen LogP contribution >= 0.6 is 0 Å². The zero-order valence-corrected chi connectivity index (χ0v) is 20.9. The van der Waals surface area contributed by atoms with Crippen molar-refractivity contribution in [2.45, 2.75) is 77.4 Å². The molecule has 3 saturated carbocycles. The smallest absolute Gasteiger partial charge is 0.257 e. The maximum absolute atomic E-state index is 12.2. The van der Waals surface area contributed by atoms with Crippen molar-refractivity contribution < 1.29 is 18.0 Å². The van der Waals surface area contributed by atoms with Crippen molar-refractivity contribution >= 4 is 21.7 Å². The summed E-state index contributed by atoms with van der Waals surface area (Å²) in [4.78, 5) is 24.3. The Hall–Kier alpha value is -1.69. The van der Waals surface area contributed by atoms with Gasteiger partial charge in [0.15, 0.2) is 5.78 Å². The van der Waals surface area contributed by atoms with E-state index >= 15 is 0 Å². The van der Waals surface area contributed by atoms with Crippen molar-refractivity contribution in [1.29, 1.82) is 0 Å². The van der Waals surface area contributed by atoms with Gasteiger partial charge in [-0.2, -0.15) is 0 Å². The molecular formula is C27H37NO4S. The van der Waals surface area contributed by atoms with Gasteiger partial charge in [0.25, 0.3) is 5.91 Å². The lowest BCUT2D eigenvalue weighted by Crippen LogP contribution is -2.49. The Morgan fingerprint density at radius 2 is 1.88 bits per heavy atom. The van der Waals surface area contributed by atoms with Gasteiger partial charge >= 0.3 is 0 Å². The fourth-order valence-electron chi connectivity index (χ4n) is 7.91. The van der Waals surface area contributed by atoms with E-state index in [0.29, 0.717) is 42.9 Å². The van der Waals surface area contributed by atoms with Crippen LogP contribution < -0.4 is 4.72 Å². The molecule has 3 fully saturated rings. The highest BCUT2D eigenvalue weighted by atomic mass is 32.2. The second kappa shape index (κ2) is 7.93. The Kier molecular flexibility index (Phi) is 5.54. The van der Waals surface area contributed by atoms with Gasteiger partial charge in [0, 0.05) is 12.5 Å². The predicted octanol–water partition coefficient (Wildman–Crippen LogP) is 4.71. The predicted molar refractivity (Wildman–Crippen MR) is 128 cm³/mol. The molecule has 6 heteroatoms. The molecule has 0 heterocycles. The van der Waals surface area contributed by atoms with Gasteiger partial charge in [0.1, 0.15) is 0 Å². The third kappa shape index (κ3) is 3.86. The highest BCUT2D eigenvalue weighted by Gasteiger charge is 2.58.